The van der Waals surface area contributed by atoms with Crippen molar-refractivity contribution in [1.29, 1.82) is 0 Å². The molecule has 5 rings (SSSR count). The van der Waals surface area contributed by atoms with Crippen LogP contribution in [0.2, 0.25) is 0 Å². The van der Waals surface area contributed by atoms with E-state index in [9.17, 15) is 25.4 Å². The van der Waals surface area contributed by atoms with Gasteiger partial charge in [-0.25, -0.2) is 0 Å². The summed E-state index contributed by atoms with van der Waals surface area (Å²) in [4.78, 5) is 22.0. The Bertz CT molecular complexity index is 556. The molecule has 5 fully saturated rings. The summed E-state index contributed by atoms with van der Waals surface area (Å²) in [7, 11) is 0. The summed E-state index contributed by atoms with van der Waals surface area (Å²) in [6.45, 7) is 0. The molecule has 106 valence electrons. The van der Waals surface area contributed by atoms with E-state index < -0.39 is 27.3 Å². The van der Waals surface area contributed by atoms with Crippen LogP contribution >= 0.6 is 0 Å². The monoisotopic (exact) mass is 279 g/mol. The van der Waals surface area contributed by atoms with Gasteiger partial charge >= 0.3 is 5.66 Å². The van der Waals surface area contributed by atoms with E-state index in [1.165, 1.54) is 0 Å². The second-order valence-corrected chi connectivity index (χ2v) is 7.03. The van der Waals surface area contributed by atoms with Gasteiger partial charge < -0.3 is 5.21 Å². The van der Waals surface area contributed by atoms with Gasteiger partial charge in [0.25, 0.3) is 0 Å². The summed E-state index contributed by atoms with van der Waals surface area (Å²) in [5, 5.41) is 35.9. The second kappa shape index (κ2) is 2.82. The molecule has 0 radical (unpaired) electrons. The van der Waals surface area contributed by atoms with Crippen molar-refractivity contribution in [3.05, 3.63) is 20.2 Å². The van der Waals surface area contributed by atoms with E-state index in [0.29, 0.717) is 24.7 Å². The maximum absolute atomic E-state index is 11.6. The van der Waals surface area contributed by atoms with Gasteiger partial charge in [0.15, 0.2) is 0 Å². The fraction of sp³-hybridized carbons (Fsp3) is 0.917. The topological polar surface area (TPSA) is 119 Å². The second-order valence-electron chi connectivity index (χ2n) is 7.03. The lowest BCUT2D eigenvalue weighted by atomic mass is 9.60. The minimum atomic E-state index is -1.98. The lowest BCUT2D eigenvalue weighted by Crippen LogP contribution is -2.55. The minimum absolute atomic E-state index is 0.0433. The molecule has 8 nitrogen and oxygen atoms in total. The van der Waals surface area contributed by atoms with E-state index in [1.807, 2.05) is 0 Å². The number of nitro groups is 2. The van der Waals surface area contributed by atoms with Gasteiger partial charge in [0.2, 0.25) is 0 Å². The Morgan fingerprint density at radius 2 is 1.45 bits per heavy atom. The molecular formula is C12H13N3O5. The molecule has 0 aromatic rings. The Labute approximate surface area is 113 Å². The van der Waals surface area contributed by atoms with E-state index in [0.717, 1.165) is 5.71 Å². The fourth-order valence-corrected chi connectivity index (χ4v) is 7.06. The molecule has 0 spiro atoms. The fourth-order valence-electron chi connectivity index (χ4n) is 7.06. The van der Waals surface area contributed by atoms with Crippen LogP contribution in [0.1, 0.15) is 12.8 Å². The smallest absolute Gasteiger partial charge is 0.411 e. The summed E-state index contributed by atoms with van der Waals surface area (Å²) in [5.74, 6) is -0.0625. The standard InChI is InChI=1S/C12H13N3O5/c16-13-11-3-1-5-9-7(3)8-4(11)2-6(10(8)9)12(5,14(17)18)15(19)20/h3-10,16H,1-2H2. The van der Waals surface area contributed by atoms with Crippen molar-refractivity contribution < 1.29 is 15.1 Å². The zero-order valence-corrected chi connectivity index (χ0v) is 10.5. The van der Waals surface area contributed by atoms with Crippen LogP contribution in [0.3, 0.4) is 0 Å². The first kappa shape index (κ1) is 11.0. The number of hydrogen-bond acceptors (Lipinski definition) is 6. The van der Waals surface area contributed by atoms with Crippen LogP contribution in [0.5, 0.6) is 0 Å². The molecule has 1 N–H and O–H groups in total. The van der Waals surface area contributed by atoms with E-state index in [-0.39, 0.29) is 23.7 Å². The highest BCUT2D eigenvalue weighted by molar-refractivity contribution is 5.93. The first-order chi connectivity index (χ1) is 9.55. The quantitative estimate of drug-likeness (QED) is 0.347. The maximum atomic E-state index is 11.6. The Morgan fingerprint density at radius 3 is 1.80 bits per heavy atom. The van der Waals surface area contributed by atoms with E-state index in [4.69, 9.17) is 0 Å². The molecule has 0 saturated heterocycles. The van der Waals surface area contributed by atoms with Crippen molar-refractivity contribution in [1.82, 2.24) is 0 Å². The van der Waals surface area contributed by atoms with Crippen LogP contribution < -0.4 is 0 Å². The molecular weight excluding hydrogens is 266 g/mol. The van der Waals surface area contributed by atoms with E-state index >= 15 is 0 Å². The zero-order chi connectivity index (χ0) is 14.0. The van der Waals surface area contributed by atoms with Gasteiger partial charge in [-0.1, -0.05) is 5.16 Å². The third kappa shape index (κ3) is 0.726. The molecule has 5 saturated carbocycles. The molecule has 5 aliphatic rings. The normalized spacial score (nSPS) is 54.9. The van der Waals surface area contributed by atoms with Gasteiger partial charge in [0.05, 0.1) is 15.6 Å². The van der Waals surface area contributed by atoms with E-state index in [1.54, 1.807) is 0 Å². The summed E-state index contributed by atoms with van der Waals surface area (Å²) >= 11 is 0. The van der Waals surface area contributed by atoms with Crippen LogP contribution in [-0.2, 0) is 0 Å². The van der Waals surface area contributed by atoms with Crippen LogP contribution in [0.4, 0.5) is 0 Å². The molecule has 0 aliphatic heterocycles. The lowest BCUT2D eigenvalue weighted by Gasteiger charge is -2.42. The molecule has 8 atom stereocenters. The summed E-state index contributed by atoms with van der Waals surface area (Å²) in [6.07, 6.45) is 0.910. The average Bonchev–Trinajstić information content (AvgIpc) is 2.88. The first-order valence-electron chi connectivity index (χ1n) is 7.06. The molecule has 5 aliphatic carbocycles. The van der Waals surface area contributed by atoms with Gasteiger partial charge in [0.1, 0.15) is 11.8 Å². The van der Waals surface area contributed by atoms with Gasteiger partial charge in [-0.15, -0.1) is 0 Å². The van der Waals surface area contributed by atoms with Gasteiger partial charge in [-0.05, 0) is 36.5 Å². The largest absolute Gasteiger partial charge is 0.464 e. The van der Waals surface area contributed by atoms with Gasteiger partial charge in [0, 0.05) is 11.8 Å². The van der Waals surface area contributed by atoms with Crippen molar-refractivity contribution in [3.8, 4) is 0 Å². The number of nitrogens with zero attached hydrogens (tertiary/aromatic N) is 3. The van der Waals surface area contributed by atoms with Gasteiger partial charge in [-0.2, -0.15) is 0 Å². The maximum Gasteiger partial charge on any atom is 0.464 e. The summed E-state index contributed by atoms with van der Waals surface area (Å²) in [5.41, 5.74) is -1.20. The van der Waals surface area contributed by atoms with Crippen LogP contribution in [0, 0.1) is 67.6 Å². The molecule has 0 amide bonds. The highest BCUT2D eigenvalue weighted by Crippen LogP contribution is 2.81. The van der Waals surface area contributed by atoms with Crippen LogP contribution in [0.15, 0.2) is 5.16 Å². The van der Waals surface area contributed by atoms with Gasteiger partial charge in [-0.3, -0.25) is 20.2 Å². The Kier molecular flexibility index (Phi) is 1.55. The van der Waals surface area contributed by atoms with Crippen LogP contribution in [0.25, 0.3) is 0 Å². The third-order valence-electron chi connectivity index (χ3n) is 7.20. The predicted molar refractivity (Wildman–Crippen MR) is 63.1 cm³/mol. The summed E-state index contributed by atoms with van der Waals surface area (Å²) < 4.78 is 0. The molecule has 8 heteroatoms. The summed E-state index contributed by atoms with van der Waals surface area (Å²) in [6, 6.07) is 0. The predicted octanol–water partition coefficient (Wildman–Crippen LogP) is 0.844. The third-order valence-corrected chi connectivity index (χ3v) is 7.20. The lowest BCUT2D eigenvalue weighted by molar-refractivity contribution is -0.813. The highest BCUT2D eigenvalue weighted by Gasteiger charge is 2.91. The highest BCUT2D eigenvalue weighted by atomic mass is 16.7. The molecule has 0 aromatic carbocycles. The average molecular weight is 279 g/mol. The van der Waals surface area contributed by atoms with Crippen molar-refractivity contribution in [2.24, 2.45) is 52.5 Å². The molecule has 0 bridgehead atoms. The molecule has 8 unspecified atom stereocenters. The van der Waals surface area contributed by atoms with Crippen molar-refractivity contribution in [2.45, 2.75) is 18.5 Å². The number of hydrogen-bond donors (Lipinski definition) is 1. The van der Waals surface area contributed by atoms with Crippen LogP contribution in [-0.4, -0.2) is 26.4 Å². The zero-order valence-electron chi connectivity index (χ0n) is 10.5. The molecule has 20 heavy (non-hydrogen) atoms. The Balaban J connectivity index is 1.75. The molecule has 0 heterocycles. The SMILES string of the molecule is O=[N+]([O-])C1([N+](=O)[O-])C2CC3C(=NO)C4CC1C1C4C3C12. The van der Waals surface area contributed by atoms with Crippen molar-refractivity contribution in [3.63, 3.8) is 0 Å². The number of oxime groups is 1. The van der Waals surface area contributed by atoms with Crippen molar-refractivity contribution >= 4 is 5.71 Å². The minimum Gasteiger partial charge on any atom is -0.411 e. The number of rotatable bonds is 2. The molecule has 0 aromatic heterocycles. The van der Waals surface area contributed by atoms with Crippen molar-refractivity contribution in [2.75, 3.05) is 0 Å². The van der Waals surface area contributed by atoms with E-state index in [2.05, 4.69) is 5.16 Å². The first-order valence-corrected chi connectivity index (χ1v) is 7.06. The Hall–Kier alpha value is -1.73. The Morgan fingerprint density at radius 1 is 1.00 bits per heavy atom.